The van der Waals surface area contributed by atoms with E-state index in [1.165, 1.54) is 4.90 Å². The molecule has 3 aliphatic rings. The Bertz CT molecular complexity index is 1650. The van der Waals surface area contributed by atoms with Crippen LogP contribution in [0.5, 0.6) is 0 Å². The third kappa shape index (κ3) is 4.81. The predicted molar refractivity (Wildman–Crippen MR) is 156 cm³/mol. The predicted octanol–water partition coefficient (Wildman–Crippen LogP) is 4.62. The molecule has 0 atom stereocenters. The van der Waals surface area contributed by atoms with Crippen molar-refractivity contribution in [2.45, 2.75) is 38.3 Å². The topological polar surface area (TPSA) is 105 Å². The fourth-order valence-corrected chi connectivity index (χ4v) is 6.04. The second-order valence-electron chi connectivity index (χ2n) is 11.1. The lowest BCUT2D eigenvalue weighted by Gasteiger charge is -2.32. The minimum atomic E-state index is -0.831. The van der Waals surface area contributed by atoms with Gasteiger partial charge in [-0.1, -0.05) is 29.8 Å². The molecule has 7 rings (SSSR count). The molecule has 0 bridgehead atoms. The van der Waals surface area contributed by atoms with Gasteiger partial charge in [-0.2, -0.15) is 5.10 Å². The highest BCUT2D eigenvalue weighted by atomic mass is 35.5. The van der Waals surface area contributed by atoms with E-state index in [1.807, 2.05) is 42.1 Å². The first kappa shape index (κ1) is 25.9. The molecule has 4 heterocycles. The Kier molecular flexibility index (Phi) is 6.39. The minimum absolute atomic E-state index is 0.347. The molecule has 0 radical (unpaired) electrons. The molecule has 4 aromatic rings. The normalized spacial score (nSPS) is 17.6. The summed E-state index contributed by atoms with van der Waals surface area (Å²) < 4.78 is 4.15. The molecule has 1 aliphatic carbocycles. The van der Waals surface area contributed by atoms with Crippen LogP contribution in [0.4, 0.5) is 4.79 Å². The van der Waals surface area contributed by atoms with Crippen molar-refractivity contribution in [1.82, 2.24) is 34.3 Å². The number of benzene rings is 2. The SMILES string of the molecule is Cc1nnc2n1-c1ccc(-c3cnn(CCCN4CCN(C(=O)O)CC4)c3)cc1C(c1ccc(Cl)cc1)=NC21CC1. The van der Waals surface area contributed by atoms with Gasteiger partial charge in [0.2, 0.25) is 0 Å². The fourth-order valence-electron chi connectivity index (χ4n) is 5.91. The second kappa shape index (κ2) is 10.1. The van der Waals surface area contributed by atoms with Crippen molar-refractivity contribution >= 4 is 23.4 Å². The van der Waals surface area contributed by atoms with Crippen LogP contribution in [0.2, 0.25) is 5.02 Å². The molecule has 1 N–H and O–H groups in total. The maximum atomic E-state index is 11.1. The molecule has 0 unspecified atom stereocenters. The van der Waals surface area contributed by atoms with Crippen LogP contribution in [0.1, 0.15) is 42.0 Å². The summed E-state index contributed by atoms with van der Waals surface area (Å²) in [5, 5.41) is 23.5. The largest absolute Gasteiger partial charge is 0.465 e. The van der Waals surface area contributed by atoms with Crippen molar-refractivity contribution in [2.24, 2.45) is 4.99 Å². The molecule has 10 nitrogen and oxygen atoms in total. The summed E-state index contributed by atoms with van der Waals surface area (Å²) in [6, 6.07) is 14.4. The zero-order chi connectivity index (χ0) is 28.1. The van der Waals surface area contributed by atoms with Gasteiger partial charge in [-0.25, -0.2) is 4.79 Å². The molecule has 2 aliphatic heterocycles. The lowest BCUT2D eigenvalue weighted by molar-refractivity contribution is 0.104. The summed E-state index contributed by atoms with van der Waals surface area (Å²) in [5.41, 5.74) is 5.79. The molecule has 1 saturated carbocycles. The monoisotopic (exact) mass is 570 g/mol. The summed E-state index contributed by atoms with van der Waals surface area (Å²) in [4.78, 5) is 20.3. The van der Waals surface area contributed by atoms with Crippen LogP contribution >= 0.6 is 11.6 Å². The van der Waals surface area contributed by atoms with Gasteiger partial charge in [0.05, 0.1) is 17.6 Å². The number of piperazine rings is 1. The summed E-state index contributed by atoms with van der Waals surface area (Å²) in [6.45, 7) is 6.40. The van der Waals surface area contributed by atoms with Crippen molar-refractivity contribution in [2.75, 3.05) is 32.7 Å². The van der Waals surface area contributed by atoms with Crippen LogP contribution in [-0.2, 0) is 12.1 Å². The van der Waals surface area contributed by atoms with E-state index >= 15 is 0 Å². The van der Waals surface area contributed by atoms with Gasteiger partial charge >= 0.3 is 6.09 Å². The number of carbonyl (C=O) groups is 1. The Hall–Kier alpha value is -4.02. The van der Waals surface area contributed by atoms with Crippen molar-refractivity contribution in [3.63, 3.8) is 0 Å². The average molecular weight is 571 g/mol. The number of fused-ring (bicyclic) bond motifs is 4. The summed E-state index contributed by atoms with van der Waals surface area (Å²) in [7, 11) is 0. The van der Waals surface area contributed by atoms with E-state index in [2.05, 4.69) is 49.2 Å². The number of carboxylic acid groups (broad SMARTS) is 1. The second-order valence-corrected chi connectivity index (χ2v) is 11.5. The Balaban J connectivity index is 1.16. The third-order valence-corrected chi connectivity index (χ3v) is 8.62. The maximum absolute atomic E-state index is 11.1. The van der Waals surface area contributed by atoms with E-state index in [1.54, 1.807) is 0 Å². The first-order valence-corrected chi connectivity index (χ1v) is 14.4. The molecule has 2 fully saturated rings. The van der Waals surface area contributed by atoms with E-state index in [0.717, 1.165) is 90.7 Å². The molecule has 210 valence electrons. The number of amides is 1. The van der Waals surface area contributed by atoms with Crippen LogP contribution in [0, 0.1) is 6.92 Å². The zero-order valence-corrected chi connectivity index (χ0v) is 23.6. The van der Waals surface area contributed by atoms with E-state index in [-0.39, 0.29) is 5.54 Å². The van der Waals surface area contributed by atoms with Crippen molar-refractivity contribution in [3.8, 4) is 16.8 Å². The summed E-state index contributed by atoms with van der Waals surface area (Å²) in [6.07, 6.45) is 6.03. The van der Waals surface area contributed by atoms with Crippen LogP contribution < -0.4 is 0 Å². The van der Waals surface area contributed by atoms with Crippen LogP contribution in [0.3, 0.4) is 0 Å². The van der Waals surface area contributed by atoms with E-state index in [0.29, 0.717) is 18.1 Å². The number of aryl methyl sites for hydroxylation is 2. The minimum Gasteiger partial charge on any atom is -0.465 e. The maximum Gasteiger partial charge on any atom is 0.407 e. The van der Waals surface area contributed by atoms with Gasteiger partial charge in [-0.15, -0.1) is 10.2 Å². The van der Waals surface area contributed by atoms with Gasteiger partial charge in [-0.3, -0.25) is 19.1 Å². The third-order valence-electron chi connectivity index (χ3n) is 8.37. The number of aromatic nitrogens is 5. The van der Waals surface area contributed by atoms with Gasteiger partial charge in [0, 0.05) is 67.2 Å². The Morgan fingerprint density at radius 3 is 2.46 bits per heavy atom. The highest BCUT2D eigenvalue weighted by Gasteiger charge is 2.51. The first-order chi connectivity index (χ1) is 19.9. The van der Waals surface area contributed by atoms with Crippen molar-refractivity contribution in [1.29, 1.82) is 0 Å². The van der Waals surface area contributed by atoms with Crippen LogP contribution in [-0.4, -0.2) is 84.0 Å². The Morgan fingerprint density at radius 1 is 0.976 bits per heavy atom. The van der Waals surface area contributed by atoms with Crippen molar-refractivity contribution in [3.05, 3.63) is 82.7 Å². The Labute approximate surface area is 242 Å². The van der Waals surface area contributed by atoms with E-state index in [4.69, 9.17) is 21.7 Å². The highest BCUT2D eigenvalue weighted by Crippen LogP contribution is 2.51. The molecule has 1 spiro atoms. The number of halogens is 1. The number of aliphatic imine (C=N–C) groups is 1. The molecule has 1 amide bonds. The zero-order valence-electron chi connectivity index (χ0n) is 22.9. The number of hydrogen-bond acceptors (Lipinski definition) is 6. The van der Waals surface area contributed by atoms with Crippen LogP contribution in [0.15, 0.2) is 59.9 Å². The molecule has 1 saturated heterocycles. The number of rotatable bonds is 6. The Morgan fingerprint density at radius 2 is 1.73 bits per heavy atom. The summed E-state index contributed by atoms with van der Waals surface area (Å²) in [5.74, 6) is 1.76. The molecular formula is C30H31ClN8O2. The standard InChI is InChI=1S/C30H31ClN8O2/c1-20-34-35-28-30(9-10-30)33-27(21-3-6-24(31)7-4-21)25-17-22(5-8-26(25)39(20)28)23-18-32-38(19-23)12-2-11-36-13-15-37(16-14-36)29(40)41/h3-8,17-19H,2,9-16H2,1H3,(H,40,41). The average Bonchev–Trinajstić information content (AvgIpc) is 3.46. The molecular weight excluding hydrogens is 540 g/mol. The molecule has 2 aromatic carbocycles. The van der Waals surface area contributed by atoms with E-state index < -0.39 is 6.09 Å². The smallest absolute Gasteiger partial charge is 0.407 e. The van der Waals surface area contributed by atoms with Gasteiger partial charge in [0.15, 0.2) is 5.82 Å². The van der Waals surface area contributed by atoms with E-state index in [9.17, 15) is 4.79 Å². The lowest BCUT2D eigenvalue weighted by Crippen LogP contribution is -2.48. The van der Waals surface area contributed by atoms with Gasteiger partial charge in [-0.05, 0) is 56.0 Å². The quantitative estimate of drug-likeness (QED) is 0.363. The van der Waals surface area contributed by atoms with Crippen molar-refractivity contribution < 1.29 is 9.90 Å². The van der Waals surface area contributed by atoms with Gasteiger partial charge in [0.25, 0.3) is 0 Å². The lowest BCUT2D eigenvalue weighted by atomic mass is 9.96. The summed E-state index contributed by atoms with van der Waals surface area (Å²) >= 11 is 6.24. The highest BCUT2D eigenvalue weighted by molar-refractivity contribution is 6.30. The molecule has 2 aromatic heterocycles. The number of nitrogens with zero attached hydrogens (tertiary/aromatic N) is 8. The van der Waals surface area contributed by atoms with Gasteiger partial charge in [0.1, 0.15) is 11.4 Å². The first-order valence-electron chi connectivity index (χ1n) is 14.1. The van der Waals surface area contributed by atoms with Gasteiger partial charge < -0.3 is 10.0 Å². The fraction of sp³-hybridized carbons (Fsp3) is 0.367. The number of hydrogen-bond donors (Lipinski definition) is 1. The molecule has 11 heteroatoms. The molecule has 41 heavy (non-hydrogen) atoms. The van der Waals surface area contributed by atoms with Crippen LogP contribution in [0.25, 0.3) is 16.8 Å².